The molecule has 0 unspecified atom stereocenters. The topological polar surface area (TPSA) is 86.1 Å². The van der Waals surface area contributed by atoms with E-state index in [0.717, 1.165) is 44.0 Å². The predicted molar refractivity (Wildman–Crippen MR) is 128 cm³/mol. The Hall–Kier alpha value is -2.29. The SMILES string of the molecule is CC(C)(C)OC(=O)N(CC1CC(n2cc(N3CCOCC3)c(C3CC3)n2)C1)C(=O)OC(C)(C)C. The first-order valence-electron chi connectivity index (χ1n) is 12.5. The molecule has 2 saturated carbocycles. The van der Waals surface area contributed by atoms with Gasteiger partial charge in [-0.3, -0.25) is 4.68 Å². The maximum absolute atomic E-state index is 12.8. The number of ether oxygens (including phenoxy) is 3. The number of hydrogen-bond donors (Lipinski definition) is 0. The first-order valence-corrected chi connectivity index (χ1v) is 12.5. The number of carbonyl (C=O) groups excluding carboxylic acids is 2. The van der Waals surface area contributed by atoms with Gasteiger partial charge in [-0.1, -0.05) is 0 Å². The summed E-state index contributed by atoms with van der Waals surface area (Å²) >= 11 is 0. The normalized spacial score (nSPS) is 23.3. The summed E-state index contributed by atoms with van der Waals surface area (Å²) < 4.78 is 18.6. The average Bonchev–Trinajstić information content (AvgIpc) is 3.44. The highest BCUT2D eigenvalue weighted by Gasteiger charge is 2.40. The minimum atomic E-state index is -0.691. The molecule has 190 valence electrons. The van der Waals surface area contributed by atoms with Crippen molar-refractivity contribution in [3.63, 3.8) is 0 Å². The van der Waals surface area contributed by atoms with Crippen LogP contribution in [-0.2, 0) is 14.2 Å². The first-order chi connectivity index (χ1) is 15.9. The lowest BCUT2D eigenvalue weighted by atomic mass is 9.80. The molecule has 2 amide bonds. The van der Waals surface area contributed by atoms with E-state index in [-0.39, 0.29) is 18.5 Å². The fourth-order valence-electron chi connectivity index (χ4n) is 4.46. The molecule has 4 rings (SSSR count). The van der Waals surface area contributed by atoms with Crippen molar-refractivity contribution in [1.29, 1.82) is 0 Å². The summed E-state index contributed by atoms with van der Waals surface area (Å²) in [6.45, 7) is 14.3. The van der Waals surface area contributed by atoms with Gasteiger partial charge in [0.05, 0.1) is 30.6 Å². The highest BCUT2D eigenvalue weighted by Crippen LogP contribution is 2.46. The molecule has 2 aliphatic carbocycles. The molecule has 0 aromatic carbocycles. The van der Waals surface area contributed by atoms with Crippen molar-refractivity contribution in [1.82, 2.24) is 14.7 Å². The number of hydrogen-bond acceptors (Lipinski definition) is 7. The molecule has 1 aromatic heterocycles. The highest BCUT2D eigenvalue weighted by molar-refractivity contribution is 5.88. The minimum absolute atomic E-state index is 0.186. The van der Waals surface area contributed by atoms with Gasteiger partial charge < -0.3 is 19.1 Å². The van der Waals surface area contributed by atoms with Gasteiger partial charge in [0.2, 0.25) is 0 Å². The Labute approximate surface area is 202 Å². The lowest BCUT2D eigenvalue weighted by Crippen LogP contribution is -2.47. The lowest BCUT2D eigenvalue weighted by Gasteiger charge is -2.38. The van der Waals surface area contributed by atoms with E-state index in [1.54, 1.807) is 41.5 Å². The molecule has 34 heavy (non-hydrogen) atoms. The van der Waals surface area contributed by atoms with Crippen molar-refractivity contribution in [2.45, 2.75) is 90.4 Å². The standard InChI is InChI=1S/C25H40N4O5/c1-24(2,3)33-22(30)28(23(31)34-25(4,5)6)15-17-13-19(14-17)29-16-20(21(26-29)18-7-8-18)27-9-11-32-12-10-27/h16-19H,7-15H2,1-6H3. The zero-order chi connectivity index (χ0) is 24.7. The molecule has 1 aliphatic heterocycles. The highest BCUT2D eigenvalue weighted by atomic mass is 16.6. The van der Waals surface area contributed by atoms with Crippen LogP contribution in [0.25, 0.3) is 0 Å². The Balaban J connectivity index is 1.40. The van der Waals surface area contributed by atoms with Crippen molar-refractivity contribution < 1.29 is 23.8 Å². The van der Waals surface area contributed by atoms with E-state index in [1.165, 1.54) is 24.2 Å². The Bertz CT molecular complexity index is 856. The van der Waals surface area contributed by atoms with Gasteiger partial charge in [-0.2, -0.15) is 5.10 Å². The number of aromatic nitrogens is 2. The van der Waals surface area contributed by atoms with Crippen LogP contribution in [-0.4, -0.2) is 70.9 Å². The summed E-state index contributed by atoms with van der Waals surface area (Å²) in [6, 6.07) is 0.274. The van der Waals surface area contributed by atoms with Crippen LogP contribution in [0.4, 0.5) is 15.3 Å². The van der Waals surface area contributed by atoms with Crippen LogP contribution in [0.1, 0.15) is 84.9 Å². The Morgan fingerprint density at radius 2 is 1.59 bits per heavy atom. The van der Waals surface area contributed by atoms with Crippen molar-refractivity contribution in [2.75, 3.05) is 37.7 Å². The van der Waals surface area contributed by atoms with E-state index >= 15 is 0 Å². The Morgan fingerprint density at radius 3 is 2.09 bits per heavy atom. The predicted octanol–water partition coefficient (Wildman–Crippen LogP) is 4.72. The van der Waals surface area contributed by atoms with Gasteiger partial charge in [-0.25, -0.2) is 14.5 Å². The zero-order valence-corrected chi connectivity index (χ0v) is 21.5. The number of imide groups is 1. The molecular formula is C25H40N4O5. The molecule has 0 radical (unpaired) electrons. The van der Waals surface area contributed by atoms with E-state index in [9.17, 15) is 9.59 Å². The largest absolute Gasteiger partial charge is 0.443 e. The molecule has 9 heteroatoms. The summed E-state index contributed by atoms with van der Waals surface area (Å²) in [6.07, 6.45) is 5.02. The number of anilines is 1. The van der Waals surface area contributed by atoms with Crippen LogP contribution in [0.5, 0.6) is 0 Å². The molecule has 0 spiro atoms. The van der Waals surface area contributed by atoms with Gasteiger partial charge in [-0.15, -0.1) is 0 Å². The van der Waals surface area contributed by atoms with Gasteiger partial charge in [0.1, 0.15) is 11.2 Å². The van der Waals surface area contributed by atoms with Crippen LogP contribution >= 0.6 is 0 Å². The smallest absolute Gasteiger partial charge is 0.419 e. The second kappa shape index (κ2) is 9.40. The molecule has 2 heterocycles. The minimum Gasteiger partial charge on any atom is -0.443 e. The van der Waals surface area contributed by atoms with Gasteiger partial charge >= 0.3 is 12.2 Å². The van der Waals surface area contributed by atoms with Crippen LogP contribution in [0.2, 0.25) is 0 Å². The number of carbonyl (C=O) groups is 2. The van der Waals surface area contributed by atoms with Gasteiger partial charge in [0, 0.05) is 31.7 Å². The quantitative estimate of drug-likeness (QED) is 0.608. The summed E-state index contributed by atoms with van der Waals surface area (Å²) in [5, 5.41) is 4.99. The molecule has 3 aliphatic rings. The van der Waals surface area contributed by atoms with E-state index in [1.807, 2.05) is 0 Å². The van der Waals surface area contributed by atoms with Crippen LogP contribution in [0.3, 0.4) is 0 Å². The molecule has 1 saturated heterocycles. The van der Waals surface area contributed by atoms with E-state index < -0.39 is 23.4 Å². The fraction of sp³-hybridized carbons (Fsp3) is 0.800. The first kappa shape index (κ1) is 24.8. The average molecular weight is 477 g/mol. The number of morpholine rings is 1. The second-order valence-corrected chi connectivity index (χ2v) is 11.8. The van der Waals surface area contributed by atoms with Crippen molar-refractivity contribution >= 4 is 17.9 Å². The van der Waals surface area contributed by atoms with Crippen LogP contribution in [0.15, 0.2) is 6.20 Å². The summed E-state index contributed by atoms with van der Waals surface area (Å²) in [4.78, 5) is 29.1. The van der Waals surface area contributed by atoms with Gasteiger partial charge in [0.15, 0.2) is 0 Å². The molecule has 0 N–H and O–H groups in total. The number of rotatable bonds is 5. The summed E-state index contributed by atoms with van der Waals surface area (Å²) in [5.41, 5.74) is 1.08. The molecule has 0 bridgehead atoms. The van der Waals surface area contributed by atoms with Crippen molar-refractivity contribution in [3.05, 3.63) is 11.9 Å². The van der Waals surface area contributed by atoms with Gasteiger partial charge in [-0.05, 0) is 73.1 Å². The molecule has 3 fully saturated rings. The molecule has 0 atom stereocenters. The monoisotopic (exact) mass is 476 g/mol. The second-order valence-electron chi connectivity index (χ2n) is 11.8. The maximum Gasteiger partial charge on any atom is 0.419 e. The number of amides is 2. The maximum atomic E-state index is 12.8. The summed E-state index contributed by atoms with van der Waals surface area (Å²) in [7, 11) is 0. The molecule has 9 nitrogen and oxygen atoms in total. The summed E-state index contributed by atoms with van der Waals surface area (Å²) in [5.74, 6) is 0.759. The fourth-order valence-corrected chi connectivity index (χ4v) is 4.46. The molecule has 1 aromatic rings. The number of nitrogens with zero attached hydrogens (tertiary/aromatic N) is 4. The molecular weight excluding hydrogens is 436 g/mol. The lowest BCUT2D eigenvalue weighted by molar-refractivity contribution is -0.00641. The van der Waals surface area contributed by atoms with E-state index in [2.05, 4.69) is 15.8 Å². The van der Waals surface area contributed by atoms with Crippen LogP contribution in [0, 0.1) is 5.92 Å². The third-order valence-electron chi connectivity index (χ3n) is 6.31. The Kier molecular flexibility index (Phi) is 6.86. The van der Waals surface area contributed by atoms with Gasteiger partial charge in [0.25, 0.3) is 0 Å². The van der Waals surface area contributed by atoms with E-state index in [0.29, 0.717) is 5.92 Å². The van der Waals surface area contributed by atoms with E-state index in [4.69, 9.17) is 19.3 Å². The zero-order valence-electron chi connectivity index (χ0n) is 21.5. The third kappa shape index (κ3) is 6.23. The third-order valence-corrected chi connectivity index (χ3v) is 6.31. The van der Waals surface area contributed by atoms with Crippen molar-refractivity contribution in [2.24, 2.45) is 5.92 Å². The van der Waals surface area contributed by atoms with Crippen LogP contribution < -0.4 is 4.90 Å². The Morgan fingerprint density at radius 1 is 1.03 bits per heavy atom. The van der Waals surface area contributed by atoms with Crippen molar-refractivity contribution in [3.8, 4) is 0 Å².